The summed E-state index contributed by atoms with van der Waals surface area (Å²) in [5, 5.41) is 8.53. The first kappa shape index (κ1) is 23.5. The van der Waals surface area contributed by atoms with Crippen LogP contribution in [-0.2, 0) is 4.74 Å². The number of aromatic nitrogens is 3. The second-order valence-corrected chi connectivity index (χ2v) is 9.54. The van der Waals surface area contributed by atoms with Gasteiger partial charge >= 0.3 is 6.09 Å². The molecule has 0 spiro atoms. The molecular formula is C25H31N5O4. The Balaban J connectivity index is 1.49. The third-order valence-electron chi connectivity index (χ3n) is 5.70. The van der Waals surface area contributed by atoms with Crippen molar-refractivity contribution in [2.45, 2.75) is 52.2 Å². The summed E-state index contributed by atoms with van der Waals surface area (Å²) in [6.07, 6.45) is 3.27. The van der Waals surface area contributed by atoms with Crippen LogP contribution in [0.25, 0.3) is 10.9 Å². The van der Waals surface area contributed by atoms with E-state index >= 15 is 0 Å². The zero-order valence-electron chi connectivity index (χ0n) is 20.3. The van der Waals surface area contributed by atoms with Crippen molar-refractivity contribution >= 4 is 28.6 Å². The minimum atomic E-state index is -0.505. The molecule has 1 saturated heterocycles. The van der Waals surface area contributed by atoms with Crippen molar-refractivity contribution in [3.8, 4) is 5.75 Å². The van der Waals surface area contributed by atoms with E-state index in [1.54, 1.807) is 24.1 Å². The van der Waals surface area contributed by atoms with Gasteiger partial charge in [-0.05, 0) is 58.7 Å². The fourth-order valence-electron chi connectivity index (χ4n) is 4.02. The maximum atomic E-state index is 12.7. The normalized spacial score (nSPS) is 14.8. The highest BCUT2D eigenvalue weighted by atomic mass is 16.6. The number of nitrogens with zero attached hydrogens (tertiary/aromatic N) is 4. The van der Waals surface area contributed by atoms with E-state index in [-0.39, 0.29) is 18.0 Å². The number of benzene rings is 1. The summed E-state index contributed by atoms with van der Waals surface area (Å²) in [4.78, 5) is 31.1. The lowest BCUT2D eigenvalue weighted by atomic mass is 10.1. The second-order valence-electron chi connectivity index (χ2n) is 9.54. The fraction of sp³-hybridized carbons (Fsp3) is 0.440. The summed E-state index contributed by atoms with van der Waals surface area (Å²) >= 11 is 0. The minimum Gasteiger partial charge on any atom is -0.494 e. The lowest BCUT2D eigenvalue weighted by Crippen LogP contribution is -2.42. The van der Waals surface area contributed by atoms with E-state index in [1.807, 2.05) is 56.8 Å². The molecule has 0 atom stereocenters. The summed E-state index contributed by atoms with van der Waals surface area (Å²) in [6.45, 7) is 8.68. The largest absolute Gasteiger partial charge is 0.494 e. The molecule has 34 heavy (non-hydrogen) atoms. The van der Waals surface area contributed by atoms with Gasteiger partial charge in [0.1, 0.15) is 17.0 Å². The first-order valence-electron chi connectivity index (χ1n) is 11.4. The SMILES string of the molecule is COc1cc2nn(C3CCN(C(=O)OC(C)(C)C)CC3)cc2cc1NC(=O)c1cccc(C)n1. The first-order valence-corrected chi connectivity index (χ1v) is 11.4. The number of amides is 2. The molecule has 2 aromatic heterocycles. The predicted octanol–water partition coefficient (Wildman–Crippen LogP) is 4.57. The van der Waals surface area contributed by atoms with Gasteiger partial charge in [-0.3, -0.25) is 9.48 Å². The van der Waals surface area contributed by atoms with Gasteiger partial charge in [0.15, 0.2) is 0 Å². The van der Waals surface area contributed by atoms with Gasteiger partial charge in [0, 0.05) is 36.4 Å². The first-order chi connectivity index (χ1) is 16.1. The molecule has 1 aromatic carbocycles. The van der Waals surface area contributed by atoms with Crippen LogP contribution >= 0.6 is 0 Å². The number of piperidine rings is 1. The van der Waals surface area contributed by atoms with Crippen LogP contribution in [0.1, 0.15) is 55.8 Å². The fourth-order valence-corrected chi connectivity index (χ4v) is 4.02. The number of hydrogen-bond donors (Lipinski definition) is 1. The molecule has 0 radical (unpaired) electrons. The molecule has 2 amide bonds. The summed E-state index contributed by atoms with van der Waals surface area (Å²) in [7, 11) is 1.56. The van der Waals surface area contributed by atoms with Gasteiger partial charge in [-0.2, -0.15) is 5.10 Å². The molecule has 1 aliphatic rings. The van der Waals surface area contributed by atoms with E-state index in [2.05, 4.69) is 10.3 Å². The number of aryl methyl sites for hydroxylation is 1. The number of anilines is 1. The molecular weight excluding hydrogens is 434 g/mol. The van der Waals surface area contributed by atoms with E-state index in [1.165, 1.54) is 0 Å². The molecule has 1 N–H and O–H groups in total. The highest BCUT2D eigenvalue weighted by molar-refractivity contribution is 6.05. The molecule has 1 aliphatic heterocycles. The highest BCUT2D eigenvalue weighted by Crippen LogP contribution is 2.32. The summed E-state index contributed by atoms with van der Waals surface area (Å²) in [6, 6.07) is 9.18. The van der Waals surface area contributed by atoms with Gasteiger partial charge in [0.25, 0.3) is 5.91 Å². The third-order valence-corrected chi connectivity index (χ3v) is 5.70. The van der Waals surface area contributed by atoms with Gasteiger partial charge in [0.05, 0.1) is 24.4 Å². The van der Waals surface area contributed by atoms with Crippen molar-refractivity contribution in [1.29, 1.82) is 0 Å². The van der Waals surface area contributed by atoms with Gasteiger partial charge < -0.3 is 19.7 Å². The van der Waals surface area contributed by atoms with Crippen LogP contribution in [0, 0.1) is 6.92 Å². The molecule has 4 rings (SSSR count). The third kappa shape index (κ3) is 5.30. The van der Waals surface area contributed by atoms with Crippen molar-refractivity contribution in [2.24, 2.45) is 0 Å². The molecule has 1 fully saturated rings. The second kappa shape index (κ2) is 9.32. The molecule has 0 aliphatic carbocycles. The molecule has 0 bridgehead atoms. The lowest BCUT2D eigenvalue weighted by molar-refractivity contribution is 0.0185. The average Bonchev–Trinajstić information content (AvgIpc) is 3.20. The quantitative estimate of drug-likeness (QED) is 0.606. The van der Waals surface area contributed by atoms with Gasteiger partial charge in [-0.25, -0.2) is 9.78 Å². The van der Waals surface area contributed by atoms with Crippen molar-refractivity contribution in [3.63, 3.8) is 0 Å². The molecule has 0 unspecified atom stereocenters. The highest BCUT2D eigenvalue weighted by Gasteiger charge is 2.28. The Morgan fingerprint density at radius 1 is 1.15 bits per heavy atom. The van der Waals surface area contributed by atoms with E-state index in [0.29, 0.717) is 30.2 Å². The topological polar surface area (TPSA) is 98.6 Å². The van der Waals surface area contributed by atoms with Crippen molar-refractivity contribution in [3.05, 3.63) is 47.9 Å². The number of likely N-dealkylation sites (tertiary alicyclic amines) is 1. The smallest absolute Gasteiger partial charge is 0.410 e. The van der Waals surface area contributed by atoms with Crippen LogP contribution in [0.15, 0.2) is 36.5 Å². The Labute approximate surface area is 199 Å². The average molecular weight is 466 g/mol. The number of carbonyl (C=O) groups is 2. The number of fused-ring (bicyclic) bond motifs is 1. The molecule has 9 heteroatoms. The number of nitrogens with one attached hydrogen (secondary N) is 1. The van der Waals surface area contributed by atoms with Crippen molar-refractivity contribution in [2.75, 3.05) is 25.5 Å². The Hall–Kier alpha value is -3.62. The summed E-state index contributed by atoms with van der Waals surface area (Å²) in [5.41, 5.74) is 1.94. The zero-order valence-corrected chi connectivity index (χ0v) is 20.3. The van der Waals surface area contributed by atoms with Crippen LogP contribution in [0.3, 0.4) is 0 Å². The Kier molecular flexibility index (Phi) is 6.45. The van der Waals surface area contributed by atoms with Crippen molar-refractivity contribution in [1.82, 2.24) is 19.7 Å². The number of ether oxygens (including phenoxy) is 2. The number of carbonyl (C=O) groups excluding carboxylic acids is 2. The zero-order chi connectivity index (χ0) is 24.5. The standard InChI is InChI=1S/C25H31N5O4/c1-16-7-6-8-19(26-16)23(31)27-21-13-17-15-30(28-20(17)14-22(21)33-5)18-9-11-29(12-10-18)24(32)34-25(2,3)4/h6-8,13-15,18H,9-12H2,1-5H3,(H,27,31). The summed E-state index contributed by atoms with van der Waals surface area (Å²) < 4.78 is 12.9. The number of hydrogen-bond acceptors (Lipinski definition) is 6. The Morgan fingerprint density at radius 3 is 2.53 bits per heavy atom. The minimum absolute atomic E-state index is 0.173. The van der Waals surface area contributed by atoms with Crippen LogP contribution in [0.5, 0.6) is 5.75 Å². The number of rotatable bonds is 4. The van der Waals surface area contributed by atoms with Gasteiger partial charge in [0.2, 0.25) is 0 Å². The van der Waals surface area contributed by atoms with Crippen LogP contribution in [0.2, 0.25) is 0 Å². The van der Waals surface area contributed by atoms with E-state index in [4.69, 9.17) is 14.6 Å². The van der Waals surface area contributed by atoms with Crippen LogP contribution < -0.4 is 10.1 Å². The summed E-state index contributed by atoms with van der Waals surface area (Å²) in [5.74, 6) is 0.224. The van der Waals surface area contributed by atoms with Gasteiger partial charge in [-0.15, -0.1) is 0 Å². The molecule has 0 saturated carbocycles. The Bertz CT molecular complexity index is 1210. The van der Waals surface area contributed by atoms with E-state index in [0.717, 1.165) is 29.4 Å². The molecule has 180 valence electrons. The molecule has 3 aromatic rings. The lowest BCUT2D eigenvalue weighted by Gasteiger charge is -2.33. The maximum absolute atomic E-state index is 12.7. The molecule has 9 nitrogen and oxygen atoms in total. The van der Waals surface area contributed by atoms with E-state index in [9.17, 15) is 9.59 Å². The van der Waals surface area contributed by atoms with Crippen molar-refractivity contribution < 1.29 is 19.1 Å². The Morgan fingerprint density at radius 2 is 1.88 bits per heavy atom. The van der Waals surface area contributed by atoms with Gasteiger partial charge in [-0.1, -0.05) is 6.07 Å². The molecule has 3 heterocycles. The van der Waals surface area contributed by atoms with E-state index < -0.39 is 5.60 Å². The monoisotopic (exact) mass is 465 g/mol. The van der Waals surface area contributed by atoms with Crippen LogP contribution in [-0.4, -0.2) is 57.5 Å². The number of methoxy groups -OCH3 is 1. The van der Waals surface area contributed by atoms with Crippen LogP contribution in [0.4, 0.5) is 10.5 Å². The maximum Gasteiger partial charge on any atom is 0.410 e. The predicted molar refractivity (Wildman–Crippen MR) is 129 cm³/mol. The number of pyridine rings is 1.